The summed E-state index contributed by atoms with van der Waals surface area (Å²) in [5.74, 6) is -0.109. The molecule has 0 N–H and O–H groups in total. The van der Waals surface area contributed by atoms with Gasteiger partial charge in [0.05, 0.1) is 35.3 Å². The summed E-state index contributed by atoms with van der Waals surface area (Å²) >= 11 is 0. The average molecular weight is 427 g/mol. The van der Waals surface area contributed by atoms with Crippen molar-refractivity contribution >= 4 is 23.4 Å². The molecular formula is C24H34N4O3. The molecule has 0 saturated heterocycles. The number of hydrogen-bond acceptors (Lipinski definition) is 4. The monoisotopic (exact) mass is 426 g/mol. The van der Waals surface area contributed by atoms with Crippen LogP contribution in [0.1, 0.15) is 68.3 Å². The average Bonchev–Trinajstić information content (AvgIpc) is 3.09. The molecule has 0 spiro atoms. The van der Waals surface area contributed by atoms with Gasteiger partial charge in [-0.05, 0) is 84.2 Å². The molecule has 168 valence electrons. The van der Waals surface area contributed by atoms with Crippen LogP contribution in [0.25, 0.3) is 0 Å². The molecule has 0 saturated carbocycles. The summed E-state index contributed by atoms with van der Waals surface area (Å²) in [6.07, 6.45) is 0.327. The number of fused-ring (bicyclic) bond motifs is 1. The highest BCUT2D eigenvalue weighted by molar-refractivity contribution is 6.09. The molecular weight excluding hydrogens is 392 g/mol. The molecule has 31 heavy (non-hydrogen) atoms. The summed E-state index contributed by atoms with van der Waals surface area (Å²) < 4.78 is 7.15. The van der Waals surface area contributed by atoms with Gasteiger partial charge in [-0.1, -0.05) is 6.92 Å². The van der Waals surface area contributed by atoms with E-state index >= 15 is 0 Å². The van der Waals surface area contributed by atoms with Crippen molar-refractivity contribution in [2.45, 2.75) is 73.4 Å². The van der Waals surface area contributed by atoms with Crippen molar-refractivity contribution in [1.82, 2.24) is 9.78 Å². The van der Waals surface area contributed by atoms with Crippen LogP contribution in [-0.2, 0) is 10.3 Å². The number of anilines is 2. The molecule has 7 heteroatoms. The van der Waals surface area contributed by atoms with E-state index in [1.54, 1.807) is 21.4 Å². The zero-order chi connectivity index (χ0) is 23.1. The van der Waals surface area contributed by atoms with Crippen molar-refractivity contribution in [3.05, 3.63) is 40.7 Å². The van der Waals surface area contributed by atoms with E-state index < -0.39 is 0 Å². The van der Waals surface area contributed by atoms with Gasteiger partial charge in [-0.15, -0.1) is 0 Å². The normalized spacial score (nSPS) is 16.3. The summed E-state index contributed by atoms with van der Waals surface area (Å²) in [4.78, 5) is 30.2. The molecule has 0 fully saturated rings. The fourth-order valence-electron chi connectivity index (χ4n) is 4.03. The number of ether oxygens (including phenoxy) is 1. The number of carbonyl (C=O) groups is 2. The number of aromatic nitrogens is 2. The lowest BCUT2D eigenvalue weighted by atomic mass is 10.00. The van der Waals surface area contributed by atoms with Crippen LogP contribution < -0.4 is 9.80 Å². The molecule has 0 bridgehead atoms. The van der Waals surface area contributed by atoms with Crippen molar-refractivity contribution in [3.63, 3.8) is 0 Å². The van der Waals surface area contributed by atoms with Crippen molar-refractivity contribution < 1.29 is 14.3 Å². The maximum Gasteiger partial charge on any atom is 0.414 e. The predicted octanol–water partition coefficient (Wildman–Crippen LogP) is 4.97. The highest BCUT2D eigenvalue weighted by Gasteiger charge is 2.39. The first-order valence-electron chi connectivity index (χ1n) is 11.0. The second-order valence-corrected chi connectivity index (χ2v) is 9.23. The lowest BCUT2D eigenvalue weighted by molar-refractivity contribution is 0.0963. The molecule has 7 nitrogen and oxygen atoms in total. The van der Waals surface area contributed by atoms with Gasteiger partial charge in [0.1, 0.15) is 5.69 Å². The highest BCUT2D eigenvalue weighted by atomic mass is 16.6. The SMILES string of the molecule is CCOC(=O)N1c2cc(C)c(C)cc2N(C(=O)c2cc(C)nn2C(C)(C)C)CC1CC. The Morgan fingerprint density at radius 3 is 2.23 bits per heavy atom. The molecule has 1 aliphatic rings. The van der Waals surface area contributed by atoms with Gasteiger partial charge in [-0.25, -0.2) is 4.79 Å². The molecule has 0 aliphatic carbocycles. The van der Waals surface area contributed by atoms with Crippen LogP contribution in [-0.4, -0.2) is 41.0 Å². The van der Waals surface area contributed by atoms with E-state index in [9.17, 15) is 9.59 Å². The van der Waals surface area contributed by atoms with Gasteiger partial charge in [-0.2, -0.15) is 5.10 Å². The lowest BCUT2D eigenvalue weighted by Crippen LogP contribution is -2.53. The number of benzene rings is 1. The molecule has 0 radical (unpaired) electrons. The Labute approximate surface area is 185 Å². The van der Waals surface area contributed by atoms with E-state index in [1.807, 2.05) is 66.7 Å². The molecule has 1 aromatic heterocycles. The Hall–Kier alpha value is -2.83. The molecule has 3 rings (SSSR count). The van der Waals surface area contributed by atoms with Crippen molar-refractivity contribution in [2.75, 3.05) is 23.0 Å². The summed E-state index contributed by atoms with van der Waals surface area (Å²) in [5.41, 5.74) is 4.59. The zero-order valence-corrected chi connectivity index (χ0v) is 19.9. The van der Waals surface area contributed by atoms with Crippen LogP contribution in [0.15, 0.2) is 18.2 Å². The molecule has 1 unspecified atom stereocenters. The van der Waals surface area contributed by atoms with Crippen LogP contribution in [0.4, 0.5) is 16.2 Å². The topological polar surface area (TPSA) is 67.7 Å². The van der Waals surface area contributed by atoms with E-state index in [4.69, 9.17) is 4.74 Å². The van der Waals surface area contributed by atoms with Gasteiger partial charge >= 0.3 is 6.09 Å². The van der Waals surface area contributed by atoms with Crippen molar-refractivity contribution in [1.29, 1.82) is 0 Å². The Balaban J connectivity index is 2.16. The molecule has 1 aromatic carbocycles. The summed E-state index contributed by atoms with van der Waals surface area (Å²) in [6, 6.07) is 5.64. The van der Waals surface area contributed by atoms with E-state index in [0.717, 1.165) is 22.5 Å². The van der Waals surface area contributed by atoms with E-state index in [1.165, 1.54) is 0 Å². The number of amides is 2. The fraction of sp³-hybridized carbons (Fsp3) is 0.542. The third-order valence-corrected chi connectivity index (χ3v) is 5.77. The van der Waals surface area contributed by atoms with Crippen molar-refractivity contribution in [2.24, 2.45) is 0 Å². The van der Waals surface area contributed by atoms with Crippen molar-refractivity contribution in [3.8, 4) is 0 Å². The number of rotatable bonds is 3. The first-order chi connectivity index (χ1) is 14.5. The van der Waals surface area contributed by atoms with Crippen LogP contribution in [0.3, 0.4) is 0 Å². The Morgan fingerprint density at radius 2 is 1.68 bits per heavy atom. The minimum Gasteiger partial charge on any atom is -0.449 e. The van der Waals surface area contributed by atoms with Crippen LogP contribution >= 0.6 is 0 Å². The standard InChI is InChI=1S/C24H34N4O3/c1-9-18-14-26(22(29)21-13-17(5)25-28(21)24(6,7)8)19-11-15(3)16(4)12-20(19)27(18)23(30)31-10-2/h11-13,18H,9-10,14H2,1-8H3. The fourth-order valence-corrected chi connectivity index (χ4v) is 4.03. The van der Waals surface area contributed by atoms with Crippen LogP contribution in [0, 0.1) is 20.8 Å². The molecule has 2 amide bonds. The van der Waals surface area contributed by atoms with Crippen LogP contribution in [0.2, 0.25) is 0 Å². The summed E-state index contributed by atoms with van der Waals surface area (Å²) in [6.45, 7) is 16.6. The third-order valence-electron chi connectivity index (χ3n) is 5.77. The summed E-state index contributed by atoms with van der Waals surface area (Å²) in [7, 11) is 0. The molecule has 2 heterocycles. The zero-order valence-electron chi connectivity index (χ0n) is 19.9. The van der Waals surface area contributed by atoms with E-state index in [2.05, 4.69) is 5.10 Å². The van der Waals surface area contributed by atoms with E-state index in [-0.39, 0.29) is 23.6 Å². The maximum absolute atomic E-state index is 13.8. The highest BCUT2D eigenvalue weighted by Crippen LogP contribution is 2.40. The number of hydrogen-bond donors (Lipinski definition) is 0. The number of aryl methyl sites for hydroxylation is 3. The Bertz CT molecular complexity index is 1000. The minimum atomic E-state index is -0.374. The van der Waals surface area contributed by atoms with Gasteiger partial charge in [0.15, 0.2) is 0 Å². The smallest absolute Gasteiger partial charge is 0.414 e. The maximum atomic E-state index is 13.8. The quantitative estimate of drug-likeness (QED) is 0.695. The lowest BCUT2D eigenvalue weighted by Gasteiger charge is -2.42. The Morgan fingerprint density at radius 1 is 1.06 bits per heavy atom. The second kappa shape index (κ2) is 8.36. The largest absolute Gasteiger partial charge is 0.449 e. The minimum absolute atomic E-state index is 0.109. The Kier molecular flexibility index (Phi) is 6.16. The molecule has 1 atom stereocenters. The predicted molar refractivity (Wildman–Crippen MR) is 123 cm³/mol. The van der Waals surface area contributed by atoms with Gasteiger partial charge in [0.25, 0.3) is 5.91 Å². The molecule has 1 aliphatic heterocycles. The van der Waals surface area contributed by atoms with Gasteiger partial charge in [0, 0.05) is 6.54 Å². The van der Waals surface area contributed by atoms with Crippen LogP contribution in [0.5, 0.6) is 0 Å². The molecule has 2 aromatic rings. The first-order valence-corrected chi connectivity index (χ1v) is 11.0. The number of carbonyl (C=O) groups excluding carboxylic acids is 2. The summed E-state index contributed by atoms with van der Waals surface area (Å²) in [5, 5.41) is 4.58. The number of nitrogens with zero attached hydrogens (tertiary/aromatic N) is 4. The van der Waals surface area contributed by atoms with Gasteiger partial charge < -0.3 is 9.64 Å². The van der Waals surface area contributed by atoms with E-state index in [0.29, 0.717) is 31.0 Å². The second-order valence-electron chi connectivity index (χ2n) is 9.23. The first kappa shape index (κ1) is 22.8. The van der Waals surface area contributed by atoms with Gasteiger partial charge in [0.2, 0.25) is 0 Å². The van der Waals surface area contributed by atoms with Gasteiger partial charge in [-0.3, -0.25) is 14.4 Å². The third kappa shape index (κ3) is 4.18.